The highest BCUT2D eigenvalue weighted by Gasteiger charge is 2.17. The minimum Gasteiger partial charge on any atom is -0.396 e. The molecule has 0 spiro atoms. The van der Waals surface area contributed by atoms with Crippen LogP contribution in [0.1, 0.15) is 48.4 Å². The van der Waals surface area contributed by atoms with E-state index in [2.05, 4.69) is 39.1 Å². The summed E-state index contributed by atoms with van der Waals surface area (Å²) in [6.45, 7) is 9.17. The average molecular weight is 297 g/mol. The van der Waals surface area contributed by atoms with Crippen LogP contribution in [0.15, 0.2) is 6.07 Å². The van der Waals surface area contributed by atoms with E-state index < -0.39 is 0 Å². The van der Waals surface area contributed by atoms with Gasteiger partial charge in [0.25, 0.3) is 0 Å². The molecular weight excluding hydrogens is 270 g/mol. The Balaban J connectivity index is 2.25. The van der Waals surface area contributed by atoms with Crippen molar-refractivity contribution in [3.8, 4) is 0 Å². The number of thiophene rings is 1. The number of aliphatic hydroxyl groups is 1. The zero-order valence-electron chi connectivity index (χ0n) is 13.1. The van der Waals surface area contributed by atoms with E-state index in [1.165, 1.54) is 15.3 Å². The Hall–Kier alpha value is -0.870. The Morgan fingerprint density at radius 2 is 2.10 bits per heavy atom. The van der Waals surface area contributed by atoms with Gasteiger partial charge in [-0.1, -0.05) is 13.8 Å². The lowest BCUT2D eigenvalue weighted by Crippen LogP contribution is -2.34. The maximum Gasteiger partial charge on any atom is 0.220 e. The molecule has 0 aliphatic heterocycles. The van der Waals surface area contributed by atoms with Crippen molar-refractivity contribution < 1.29 is 9.90 Å². The van der Waals surface area contributed by atoms with Crippen molar-refractivity contribution in [3.05, 3.63) is 21.4 Å². The molecule has 1 rings (SSSR count). The molecule has 114 valence electrons. The van der Waals surface area contributed by atoms with Gasteiger partial charge in [-0.15, -0.1) is 11.3 Å². The van der Waals surface area contributed by atoms with Crippen molar-refractivity contribution in [3.63, 3.8) is 0 Å². The van der Waals surface area contributed by atoms with Crippen LogP contribution < -0.4 is 5.32 Å². The van der Waals surface area contributed by atoms with Crippen LogP contribution in [0.5, 0.6) is 0 Å². The van der Waals surface area contributed by atoms with Crippen molar-refractivity contribution >= 4 is 17.2 Å². The molecule has 3 nitrogen and oxygen atoms in total. The average Bonchev–Trinajstić information content (AvgIpc) is 2.66. The molecule has 1 aromatic rings. The molecular formula is C16H27NO2S. The Morgan fingerprint density at radius 3 is 2.65 bits per heavy atom. The lowest BCUT2D eigenvalue weighted by Gasteiger charge is -2.23. The monoisotopic (exact) mass is 297 g/mol. The van der Waals surface area contributed by atoms with Crippen LogP contribution >= 0.6 is 11.3 Å². The molecule has 2 N–H and O–H groups in total. The van der Waals surface area contributed by atoms with Crippen LogP contribution in [-0.4, -0.2) is 24.2 Å². The van der Waals surface area contributed by atoms with Crippen molar-refractivity contribution in [2.24, 2.45) is 5.41 Å². The summed E-state index contributed by atoms with van der Waals surface area (Å²) in [7, 11) is 0. The number of aryl methyl sites for hydroxylation is 3. The summed E-state index contributed by atoms with van der Waals surface area (Å²) >= 11 is 1.82. The summed E-state index contributed by atoms with van der Waals surface area (Å²) in [5.74, 6) is 0.112. The number of carbonyl (C=O) groups is 1. The van der Waals surface area contributed by atoms with Gasteiger partial charge in [0, 0.05) is 29.3 Å². The van der Waals surface area contributed by atoms with E-state index in [0.29, 0.717) is 19.4 Å². The topological polar surface area (TPSA) is 49.3 Å². The number of rotatable bonds is 8. The molecule has 0 aromatic carbocycles. The molecule has 20 heavy (non-hydrogen) atoms. The third-order valence-corrected chi connectivity index (χ3v) is 4.55. The summed E-state index contributed by atoms with van der Waals surface area (Å²) in [5, 5.41) is 11.9. The summed E-state index contributed by atoms with van der Waals surface area (Å²) in [6, 6.07) is 2.22. The maximum atomic E-state index is 11.8. The Labute approximate surface area is 126 Å². The second kappa shape index (κ2) is 7.79. The third kappa shape index (κ3) is 6.06. The first-order valence-corrected chi connectivity index (χ1v) is 8.09. The van der Waals surface area contributed by atoms with E-state index in [9.17, 15) is 4.79 Å². The highest BCUT2D eigenvalue weighted by atomic mass is 32.1. The van der Waals surface area contributed by atoms with E-state index >= 15 is 0 Å². The van der Waals surface area contributed by atoms with Crippen LogP contribution in [0.4, 0.5) is 0 Å². The number of hydrogen-bond donors (Lipinski definition) is 2. The summed E-state index contributed by atoms with van der Waals surface area (Å²) < 4.78 is 0. The highest BCUT2D eigenvalue weighted by molar-refractivity contribution is 7.12. The molecule has 4 heteroatoms. The van der Waals surface area contributed by atoms with Crippen LogP contribution in [0.3, 0.4) is 0 Å². The predicted molar refractivity (Wildman–Crippen MR) is 85.2 cm³/mol. The van der Waals surface area contributed by atoms with Gasteiger partial charge in [0.15, 0.2) is 0 Å². The fraction of sp³-hybridized carbons (Fsp3) is 0.688. The van der Waals surface area contributed by atoms with Crippen molar-refractivity contribution in [2.75, 3.05) is 13.2 Å². The van der Waals surface area contributed by atoms with Gasteiger partial charge in [-0.25, -0.2) is 0 Å². The molecule has 0 atom stereocenters. The molecule has 1 heterocycles. The lowest BCUT2D eigenvalue weighted by molar-refractivity contribution is -0.121. The smallest absolute Gasteiger partial charge is 0.220 e. The van der Waals surface area contributed by atoms with Crippen molar-refractivity contribution in [2.45, 2.75) is 53.4 Å². The first-order chi connectivity index (χ1) is 9.34. The second-order valence-electron chi connectivity index (χ2n) is 6.21. The number of nitrogens with one attached hydrogen (secondary N) is 1. The molecule has 0 aliphatic carbocycles. The van der Waals surface area contributed by atoms with E-state index in [4.69, 9.17) is 5.11 Å². The van der Waals surface area contributed by atoms with Crippen molar-refractivity contribution in [1.29, 1.82) is 0 Å². The van der Waals surface area contributed by atoms with E-state index in [0.717, 1.165) is 12.8 Å². The Bertz CT molecular complexity index is 438. The van der Waals surface area contributed by atoms with Gasteiger partial charge in [-0.2, -0.15) is 0 Å². The van der Waals surface area contributed by atoms with Gasteiger partial charge in [0.1, 0.15) is 0 Å². The highest BCUT2D eigenvalue weighted by Crippen LogP contribution is 2.22. The molecule has 0 saturated carbocycles. The van der Waals surface area contributed by atoms with E-state index in [1.54, 1.807) is 0 Å². The predicted octanol–water partition coefficient (Wildman–Crippen LogP) is 3.21. The Kier molecular flexibility index (Phi) is 6.69. The SMILES string of the molecule is Cc1cc(CCCC(=O)NCC(C)(C)CCO)c(C)s1. The standard InChI is InChI=1S/C16H27NO2S/c1-12-10-14(13(2)20-12)6-5-7-15(19)17-11-16(3,4)8-9-18/h10,18H,5-9,11H2,1-4H3,(H,17,19). The van der Waals surface area contributed by atoms with Gasteiger partial charge in [0.2, 0.25) is 5.91 Å². The number of amides is 1. The quantitative estimate of drug-likeness (QED) is 0.774. The zero-order valence-corrected chi connectivity index (χ0v) is 13.9. The van der Waals surface area contributed by atoms with Crippen LogP contribution in [0.2, 0.25) is 0 Å². The molecule has 0 saturated heterocycles. The molecule has 0 radical (unpaired) electrons. The minimum absolute atomic E-state index is 0.0362. The van der Waals surface area contributed by atoms with Crippen LogP contribution in [-0.2, 0) is 11.2 Å². The number of aliphatic hydroxyl groups excluding tert-OH is 1. The minimum atomic E-state index is -0.0362. The van der Waals surface area contributed by atoms with Gasteiger partial charge in [-0.05, 0) is 50.2 Å². The van der Waals surface area contributed by atoms with E-state index in [-0.39, 0.29) is 17.9 Å². The molecule has 0 fully saturated rings. The van der Waals surface area contributed by atoms with Crippen LogP contribution in [0, 0.1) is 19.3 Å². The van der Waals surface area contributed by atoms with Gasteiger partial charge >= 0.3 is 0 Å². The number of carbonyl (C=O) groups excluding carboxylic acids is 1. The summed E-state index contributed by atoms with van der Waals surface area (Å²) in [6.07, 6.45) is 3.15. The summed E-state index contributed by atoms with van der Waals surface area (Å²) in [4.78, 5) is 14.5. The fourth-order valence-corrected chi connectivity index (χ4v) is 3.16. The zero-order chi connectivity index (χ0) is 15.2. The third-order valence-electron chi connectivity index (χ3n) is 3.55. The van der Waals surface area contributed by atoms with Gasteiger partial charge in [0.05, 0.1) is 0 Å². The summed E-state index contributed by atoms with van der Waals surface area (Å²) in [5.41, 5.74) is 1.34. The fourth-order valence-electron chi connectivity index (χ4n) is 2.19. The molecule has 0 bridgehead atoms. The van der Waals surface area contributed by atoms with E-state index in [1.807, 2.05) is 11.3 Å². The Morgan fingerprint density at radius 1 is 1.40 bits per heavy atom. The second-order valence-corrected chi connectivity index (χ2v) is 7.67. The van der Waals surface area contributed by atoms with Crippen molar-refractivity contribution in [1.82, 2.24) is 5.32 Å². The van der Waals surface area contributed by atoms with Gasteiger partial charge in [-0.3, -0.25) is 4.79 Å². The molecule has 0 aliphatic rings. The van der Waals surface area contributed by atoms with Crippen LogP contribution in [0.25, 0.3) is 0 Å². The molecule has 1 aromatic heterocycles. The number of hydrogen-bond acceptors (Lipinski definition) is 3. The largest absolute Gasteiger partial charge is 0.396 e. The molecule has 1 amide bonds. The van der Waals surface area contributed by atoms with Gasteiger partial charge < -0.3 is 10.4 Å². The lowest BCUT2D eigenvalue weighted by atomic mass is 9.90. The molecule has 0 unspecified atom stereocenters. The first-order valence-electron chi connectivity index (χ1n) is 7.27. The normalized spacial score (nSPS) is 11.7. The maximum absolute atomic E-state index is 11.8. The first kappa shape index (κ1) is 17.2.